The van der Waals surface area contributed by atoms with Gasteiger partial charge in [0.15, 0.2) is 0 Å². The smallest absolute Gasteiger partial charge is 0.262 e. The molecule has 2 N–H and O–H groups in total. The Kier molecular flexibility index (Phi) is 7.48. The van der Waals surface area contributed by atoms with Gasteiger partial charge in [0, 0.05) is 18.1 Å². The van der Waals surface area contributed by atoms with Gasteiger partial charge in [0.25, 0.3) is 5.91 Å². The molecule has 1 aromatic carbocycles. The molecule has 1 saturated heterocycles. The molecule has 0 saturated carbocycles. The number of rotatable bonds is 7. The van der Waals surface area contributed by atoms with Crippen molar-refractivity contribution in [3.05, 3.63) is 56.7 Å². The molecule has 0 radical (unpaired) electrons. The normalized spacial score (nSPS) is 15.4. The number of carbonyl (C=O) groups excluding carboxylic acids is 2. The van der Waals surface area contributed by atoms with Crippen LogP contribution in [0.1, 0.15) is 33.6 Å². The van der Waals surface area contributed by atoms with Gasteiger partial charge in [-0.05, 0) is 73.5 Å². The van der Waals surface area contributed by atoms with Crippen LogP contribution in [0.25, 0.3) is 0 Å². The highest BCUT2D eigenvalue weighted by Crippen LogP contribution is 2.19. The number of aryl methyl sites for hydroxylation is 1. The zero-order valence-corrected chi connectivity index (χ0v) is 17.6. The number of piperidine rings is 1. The molecule has 3 rings (SSSR count). The van der Waals surface area contributed by atoms with Crippen molar-refractivity contribution in [3.8, 4) is 0 Å². The van der Waals surface area contributed by atoms with Gasteiger partial charge >= 0.3 is 0 Å². The third-order valence-electron chi connectivity index (χ3n) is 5.09. The molecule has 2 amide bonds. The highest BCUT2D eigenvalue weighted by molar-refractivity contribution is 7.12. The van der Waals surface area contributed by atoms with Crippen LogP contribution in [0.5, 0.6) is 0 Å². The summed E-state index contributed by atoms with van der Waals surface area (Å²) in [5.74, 6) is 0.171. The van der Waals surface area contributed by atoms with Crippen LogP contribution in [0, 0.1) is 12.8 Å². The van der Waals surface area contributed by atoms with Crippen LogP contribution < -0.4 is 10.6 Å². The van der Waals surface area contributed by atoms with E-state index in [9.17, 15) is 9.59 Å². The molecule has 5 nitrogen and oxygen atoms in total. The highest BCUT2D eigenvalue weighted by atomic mass is 35.5. The highest BCUT2D eigenvalue weighted by Gasteiger charge is 2.20. The van der Waals surface area contributed by atoms with Gasteiger partial charge in [-0.2, -0.15) is 0 Å². The van der Waals surface area contributed by atoms with Crippen LogP contribution in [-0.4, -0.2) is 42.9 Å². The zero-order valence-electron chi connectivity index (χ0n) is 16.0. The first-order chi connectivity index (χ1) is 13.5. The van der Waals surface area contributed by atoms with Crippen LogP contribution >= 0.6 is 22.9 Å². The summed E-state index contributed by atoms with van der Waals surface area (Å²) in [6.45, 7) is 5.57. The van der Waals surface area contributed by atoms with Crippen molar-refractivity contribution < 1.29 is 9.59 Å². The van der Waals surface area contributed by atoms with Crippen LogP contribution in [0.3, 0.4) is 0 Å². The van der Waals surface area contributed by atoms with Gasteiger partial charge in [-0.1, -0.05) is 23.7 Å². The van der Waals surface area contributed by atoms with E-state index in [4.69, 9.17) is 11.6 Å². The largest absolute Gasteiger partial charge is 0.354 e. The molecule has 2 heterocycles. The second-order valence-corrected chi connectivity index (χ2v) is 8.62. The van der Waals surface area contributed by atoms with Crippen LogP contribution in [-0.2, 0) is 11.3 Å². The Hall–Kier alpha value is -1.89. The van der Waals surface area contributed by atoms with Gasteiger partial charge in [0.1, 0.15) is 0 Å². The first-order valence-electron chi connectivity index (χ1n) is 9.57. The average molecular weight is 420 g/mol. The van der Waals surface area contributed by atoms with E-state index in [0.717, 1.165) is 43.1 Å². The minimum absolute atomic E-state index is 0.0194. The van der Waals surface area contributed by atoms with Gasteiger partial charge in [0.2, 0.25) is 5.91 Å². The number of benzene rings is 1. The van der Waals surface area contributed by atoms with Gasteiger partial charge in [-0.25, -0.2) is 0 Å². The molecule has 0 bridgehead atoms. The lowest BCUT2D eigenvalue weighted by Gasteiger charge is -2.32. The zero-order chi connectivity index (χ0) is 19.9. The van der Waals surface area contributed by atoms with E-state index in [1.807, 2.05) is 30.5 Å². The summed E-state index contributed by atoms with van der Waals surface area (Å²) >= 11 is 7.33. The standard InChI is InChI=1S/C21H26ClN3O2S/c1-15-8-11-28-20(15)21(27)24-13-19(26)23-12-16-6-9-25(10-7-16)14-17-2-4-18(22)5-3-17/h2-5,8,11,16H,6-7,9-10,12-14H2,1H3,(H,23,26)(H,24,27). The molecule has 0 atom stereocenters. The van der Waals surface area contributed by atoms with Crippen molar-refractivity contribution in [1.29, 1.82) is 0 Å². The number of amides is 2. The number of likely N-dealkylation sites (tertiary alicyclic amines) is 1. The molecule has 1 aromatic heterocycles. The number of nitrogens with one attached hydrogen (secondary N) is 2. The van der Waals surface area contributed by atoms with Crippen molar-refractivity contribution in [2.75, 3.05) is 26.2 Å². The summed E-state index contributed by atoms with van der Waals surface area (Å²) in [4.78, 5) is 27.2. The van der Waals surface area contributed by atoms with Crippen molar-refractivity contribution in [1.82, 2.24) is 15.5 Å². The predicted octanol–water partition coefficient (Wildman–Crippen LogP) is 3.47. The summed E-state index contributed by atoms with van der Waals surface area (Å²) in [6.07, 6.45) is 2.13. The second kappa shape index (κ2) is 10.0. The monoisotopic (exact) mass is 419 g/mol. The van der Waals surface area contributed by atoms with Gasteiger partial charge in [0.05, 0.1) is 11.4 Å². The minimum Gasteiger partial charge on any atom is -0.354 e. The SMILES string of the molecule is Cc1ccsc1C(=O)NCC(=O)NCC1CCN(Cc2ccc(Cl)cc2)CC1. The second-order valence-electron chi connectivity index (χ2n) is 7.27. The fourth-order valence-corrected chi connectivity index (χ4v) is 4.33. The van der Waals surface area contributed by atoms with Gasteiger partial charge in [-0.15, -0.1) is 11.3 Å². The Labute approximate surface area is 175 Å². The lowest BCUT2D eigenvalue weighted by molar-refractivity contribution is -0.120. The van der Waals surface area contributed by atoms with Crippen molar-refractivity contribution >= 4 is 34.8 Å². The first-order valence-corrected chi connectivity index (χ1v) is 10.8. The van der Waals surface area contributed by atoms with Crippen LogP contribution in [0.4, 0.5) is 0 Å². The Morgan fingerprint density at radius 2 is 1.86 bits per heavy atom. The lowest BCUT2D eigenvalue weighted by atomic mass is 9.96. The Balaban J connectivity index is 1.32. The Bertz CT molecular complexity index is 798. The van der Waals surface area contributed by atoms with Crippen molar-refractivity contribution in [3.63, 3.8) is 0 Å². The predicted molar refractivity (Wildman–Crippen MR) is 114 cm³/mol. The molecule has 0 unspecified atom stereocenters. The molecular formula is C21H26ClN3O2S. The number of thiophene rings is 1. The van der Waals surface area contributed by atoms with E-state index in [1.54, 1.807) is 0 Å². The topological polar surface area (TPSA) is 61.4 Å². The number of hydrogen-bond acceptors (Lipinski definition) is 4. The maximum absolute atomic E-state index is 12.0. The van der Waals surface area contributed by atoms with Gasteiger partial charge in [-0.3, -0.25) is 14.5 Å². The van der Waals surface area contributed by atoms with E-state index in [0.29, 0.717) is 17.3 Å². The number of hydrogen-bond donors (Lipinski definition) is 2. The third-order valence-corrected chi connectivity index (χ3v) is 6.36. The number of halogens is 1. The quantitative estimate of drug-likeness (QED) is 0.722. The molecule has 0 spiro atoms. The number of nitrogens with zero attached hydrogens (tertiary/aromatic N) is 1. The van der Waals surface area contributed by atoms with Crippen molar-refractivity contribution in [2.45, 2.75) is 26.3 Å². The Morgan fingerprint density at radius 1 is 1.14 bits per heavy atom. The van der Waals surface area contributed by atoms with Crippen molar-refractivity contribution in [2.24, 2.45) is 5.92 Å². The third kappa shape index (κ3) is 6.06. The molecule has 1 aliphatic rings. The summed E-state index contributed by atoms with van der Waals surface area (Å²) in [7, 11) is 0. The number of carbonyl (C=O) groups is 2. The maximum Gasteiger partial charge on any atom is 0.262 e. The lowest BCUT2D eigenvalue weighted by Crippen LogP contribution is -2.41. The molecule has 150 valence electrons. The first kappa shape index (κ1) is 20.8. The molecule has 2 aromatic rings. The summed E-state index contributed by atoms with van der Waals surface area (Å²) in [5, 5.41) is 8.29. The molecule has 1 aliphatic heterocycles. The average Bonchev–Trinajstić information content (AvgIpc) is 3.13. The summed E-state index contributed by atoms with van der Waals surface area (Å²) in [6, 6.07) is 9.90. The molecule has 28 heavy (non-hydrogen) atoms. The van der Waals surface area contributed by atoms with Crippen LogP contribution in [0.2, 0.25) is 5.02 Å². The van der Waals surface area contributed by atoms with E-state index in [2.05, 4.69) is 27.7 Å². The van der Waals surface area contributed by atoms with E-state index < -0.39 is 0 Å². The van der Waals surface area contributed by atoms with E-state index in [-0.39, 0.29) is 18.4 Å². The minimum atomic E-state index is -0.182. The molecule has 0 aliphatic carbocycles. The Morgan fingerprint density at radius 3 is 2.50 bits per heavy atom. The molecule has 7 heteroatoms. The summed E-state index contributed by atoms with van der Waals surface area (Å²) in [5.41, 5.74) is 2.21. The fourth-order valence-electron chi connectivity index (χ4n) is 3.36. The van der Waals surface area contributed by atoms with E-state index in [1.165, 1.54) is 16.9 Å². The fraction of sp³-hybridized carbons (Fsp3) is 0.429. The van der Waals surface area contributed by atoms with Gasteiger partial charge < -0.3 is 10.6 Å². The summed E-state index contributed by atoms with van der Waals surface area (Å²) < 4.78 is 0. The van der Waals surface area contributed by atoms with Crippen LogP contribution in [0.15, 0.2) is 35.7 Å². The maximum atomic E-state index is 12.0. The molecule has 1 fully saturated rings. The molecular weight excluding hydrogens is 394 g/mol. The van der Waals surface area contributed by atoms with E-state index >= 15 is 0 Å².